The maximum absolute atomic E-state index is 12.8. The van der Waals surface area contributed by atoms with Crippen LogP contribution in [0.25, 0.3) is 0 Å². The van der Waals surface area contributed by atoms with Gasteiger partial charge in [-0.05, 0) is 17.1 Å². The molecule has 184 valence electrons. The van der Waals surface area contributed by atoms with Crippen molar-refractivity contribution in [2.45, 2.75) is 13.0 Å². The molecule has 0 fully saturated rings. The lowest BCUT2D eigenvalue weighted by Crippen LogP contribution is -2.28. The Morgan fingerprint density at radius 2 is 1.69 bits per heavy atom. The summed E-state index contributed by atoms with van der Waals surface area (Å²) in [7, 11) is 3.26. The zero-order valence-electron chi connectivity index (χ0n) is 18.9. The lowest BCUT2D eigenvalue weighted by molar-refractivity contribution is -0.396. The van der Waals surface area contributed by atoms with Gasteiger partial charge < -0.3 is 40.9 Å². The maximum atomic E-state index is 12.8. The minimum atomic E-state index is -0.691. The summed E-state index contributed by atoms with van der Waals surface area (Å²) in [6.07, 6.45) is 5.86. The van der Waals surface area contributed by atoms with Gasteiger partial charge in [0.15, 0.2) is 6.54 Å². The molecular formula is C20H24N10O5. The van der Waals surface area contributed by atoms with E-state index in [1.54, 1.807) is 24.9 Å². The zero-order chi connectivity index (χ0) is 25.7. The van der Waals surface area contributed by atoms with Crippen LogP contribution in [0.2, 0.25) is 0 Å². The van der Waals surface area contributed by atoms with Gasteiger partial charge in [-0.25, -0.2) is 4.57 Å². The minimum absolute atomic E-state index is 0.0358. The number of carbonyl (C=O) groups is 3. The van der Waals surface area contributed by atoms with Crippen LogP contribution in [0.15, 0.2) is 36.9 Å². The van der Waals surface area contributed by atoms with Crippen LogP contribution in [0, 0.1) is 15.5 Å². The molecule has 0 aliphatic carbocycles. The summed E-state index contributed by atoms with van der Waals surface area (Å²) in [5, 5.41) is 26.1. The molecule has 3 amide bonds. The van der Waals surface area contributed by atoms with E-state index in [-0.39, 0.29) is 36.9 Å². The monoisotopic (exact) mass is 484 g/mol. The number of rotatable bonds is 10. The van der Waals surface area contributed by atoms with E-state index in [4.69, 9.17) is 11.1 Å². The van der Waals surface area contributed by atoms with Crippen LogP contribution < -0.4 is 21.7 Å². The molecule has 6 N–H and O–H groups in total. The first-order valence-corrected chi connectivity index (χ1v) is 10.3. The van der Waals surface area contributed by atoms with E-state index in [1.165, 1.54) is 35.3 Å². The fraction of sp³-hybridized carbons (Fsp3) is 0.250. The first-order chi connectivity index (χ1) is 16.5. The summed E-state index contributed by atoms with van der Waals surface area (Å²) < 4.78 is 4.14. The van der Waals surface area contributed by atoms with E-state index < -0.39 is 22.7 Å². The molecule has 0 bridgehead atoms. The molecule has 0 aliphatic heterocycles. The number of aryl methyl sites for hydroxylation is 2. The molecule has 3 aromatic heterocycles. The maximum Gasteiger partial charge on any atom is 0.435 e. The molecule has 0 atom stereocenters. The molecule has 0 saturated carbocycles. The molecule has 3 rings (SSSR count). The quantitative estimate of drug-likeness (QED) is 0.118. The van der Waals surface area contributed by atoms with E-state index in [2.05, 4.69) is 20.9 Å². The SMILES string of the molecule is Cn1cc(NC(=O)c2cc(NC(=O)Cn3ccnc3[N+](=O)[O-])cn2C)cc1C(=O)NCCC(=N)N. The normalized spacial score (nSPS) is 10.6. The van der Waals surface area contributed by atoms with Crippen LogP contribution >= 0.6 is 0 Å². The van der Waals surface area contributed by atoms with Gasteiger partial charge in [0.25, 0.3) is 17.7 Å². The summed E-state index contributed by atoms with van der Waals surface area (Å²) in [6.45, 7) is -0.110. The average Bonchev–Trinajstić information content (AvgIpc) is 3.46. The molecule has 0 spiro atoms. The summed E-state index contributed by atoms with van der Waals surface area (Å²) in [5.74, 6) is -1.88. The Labute approximate surface area is 198 Å². The number of nitrogens with zero attached hydrogens (tertiary/aromatic N) is 5. The van der Waals surface area contributed by atoms with Crippen molar-refractivity contribution in [2.75, 3.05) is 17.2 Å². The number of amidine groups is 1. The molecule has 3 aromatic rings. The minimum Gasteiger partial charge on any atom is -0.390 e. The number of amides is 3. The molecule has 35 heavy (non-hydrogen) atoms. The van der Waals surface area contributed by atoms with Crippen molar-refractivity contribution in [2.24, 2.45) is 19.8 Å². The summed E-state index contributed by atoms with van der Waals surface area (Å²) in [4.78, 5) is 51.2. The number of anilines is 2. The summed E-state index contributed by atoms with van der Waals surface area (Å²) in [6, 6.07) is 2.96. The van der Waals surface area contributed by atoms with Gasteiger partial charge in [-0.1, -0.05) is 4.98 Å². The van der Waals surface area contributed by atoms with Gasteiger partial charge in [0.2, 0.25) is 0 Å². The van der Waals surface area contributed by atoms with Crippen LogP contribution in [0.1, 0.15) is 27.4 Å². The standard InChI is InChI=1S/C20H24N10O5/c1-27-10-13(8-14(27)18(32)23-4-3-16(21)22)26-19(33)15-7-12(9-28(15)2)25-17(31)11-29-6-5-24-20(29)30(34)35/h5-10H,3-4,11H2,1-2H3,(H3,21,22)(H,23,32)(H,25,31)(H,26,33). The van der Waals surface area contributed by atoms with Crippen LogP contribution in [0.4, 0.5) is 17.3 Å². The van der Waals surface area contributed by atoms with Gasteiger partial charge in [-0.2, -0.15) is 0 Å². The number of hydrogen-bond donors (Lipinski definition) is 5. The van der Waals surface area contributed by atoms with E-state index in [1.807, 2.05) is 0 Å². The van der Waals surface area contributed by atoms with Gasteiger partial charge in [-0.15, -0.1) is 0 Å². The summed E-state index contributed by atoms with van der Waals surface area (Å²) in [5.41, 5.74) is 6.51. The number of hydrogen-bond acceptors (Lipinski definition) is 7. The molecule has 0 aromatic carbocycles. The molecule has 0 radical (unpaired) electrons. The average molecular weight is 484 g/mol. The van der Waals surface area contributed by atoms with Gasteiger partial charge in [0.1, 0.15) is 23.8 Å². The Morgan fingerprint density at radius 1 is 1.09 bits per heavy atom. The summed E-state index contributed by atoms with van der Waals surface area (Å²) >= 11 is 0. The van der Waals surface area contributed by atoms with Crippen LogP contribution in [-0.4, -0.2) is 53.7 Å². The molecular weight excluding hydrogens is 460 g/mol. The van der Waals surface area contributed by atoms with Crippen molar-refractivity contribution < 1.29 is 19.3 Å². The second kappa shape index (κ2) is 10.3. The molecule has 3 heterocycles. The molecule has 15 nitrogen and oxygen atoms in total. The fourth-order valence-electron chi connectivity index (χ4n) is 3.27. The number of carbonyl (C=O) groups excluding carboxylic acids is 3. The number of nitrogens with one attached hydrogen (secondary N) is 4. The van der Waals surface area contributed by atoms with E-state index >= 15 is 0 Å². The molecule has 0 unspecified atom stereocenters. The number of nitrogens with two attached hydrogens (primary N) is 1. The molecule has 0 saturated heterocycles. The van der Waals surface area contributed by atoms with Crippen LogP contribution in [-0.2, 0) is 25.4 Å². The van der Waals surface area contributed by atoms with Crippen molar-refractivity contribution in [1.29, 1.82) is 5.41 Å². The third-order valence-electron chi connectivity index (χ3n) is 4.87. The first-order valence-electron chi connectivity index (χ1n) is 10.3. The molecule has 15 heteroatoms. The number of imidazole rings is 1. The van der Waals surface area contributed by atoms with Crippen LogP contribution in [0.5, 0.6) is 0 Å². The number of aromatic nitrogens is 4. The Morgan fingerprint density at radius 3 is 2.29 bits per heavy atom. The second-order valence-corrected chi connectivity index (χ2v) is 7.60. The van der Waals surface area contributed by atoms with E-state index in [0.717, 1.165) is 4.57 Å². The van der Waals surface area contributed by atoms with Gasteiger partial charge in [0.05, 0.1) is 17.2 Å². The Kier molecular flexibility index (Phi) is 7.28. The fourth-order valence-corrected chi connectivity index (χ4v) is 3.27. The highest BCUT2D eigenvalue weighted by Crippen LogP contribution is 2.18. The van der Waals surface area contributed by atoms with Gasteiger partial charge in [-0.3, -0.25) is 19.8 Å². The van der Waals surface area contributed by atoms with E-state index in [9.17, 15) is 24.5 Å². The predicted octanol–water partition coefficient (Wildman–Crippen LogP) is 0.415. The van der Waals surface area contributed by atoms with E-state index in [0.29, 0.717) is 17.1 Å². The smallest absolute Gasteiger partial charge is 0.390 e. The topological polar surface area (TPSA) is 208 Å². The molecule has 0 aliphatic rings. The van der Waals surface area contributed by atoms with Gasteiger partial charge >= 0.3 is 5.95 Å². The Hall–Kier alpha value is -4.95. The zero-order valence-corrected chi connectivity index (χ0v) is 18.9. The Bertz CT molecular complexity index is 1300. The highest BCUT2D eigenvalue weighted by Gasteiger charge is 2.19. The third-order valence-corrected chi connectivity index (χ3v) is 4.87. The largest absolute Gasteiger partial charge is 0.435 e. The van der Waals surface area contributed by atoms with Crippen molar-refractivity contribution >= 4 is 40.9 Å². The van der Waals surface area contributed by atoms with Crippen molar-refractivity contribution in [3.8, 4) is 0 Å². The lowest BCUT2D eigenvalue weighted by Gasteiger charge is -2.04. The second-order valence-electron chi connectivity index (χ2n) is 7.60. The lowest BCUT2D eigenvalue weighted by atomic mass is 10.3. The van der Waals surface area contributed by atoms with Gasteiger partial charge in [0, 0.05) is 39.5 Å². The Balaban J connectivity index is 1.63. The first kappa shape index (κ1) is 24.7. The van der Waals surface area contributed by atoms with Crippen LogP contribution in [0.3, 0.4) is 0 Å². The number of nitro groups is 1. The van der Waals surface area contributed by atoms with Crippen molar-refractivity contribution in [3.63, 3.8) is 0 Å². The highest BCUT2D eigenvalue weighted by molar-refractivity contribution is 6.05. The van der Waals surface area contributed by atoms with Crippen molar-refractivity contribution in [1.82, 2.24) is 24.0 Å². The third kappa shape index (κ3) is 6.10. The van der Waals surface area contributed by atoms with Crippen molar-refractivity contribution in [3.05, 3.63) is 58.4 Å². The predicted molar refractivity (Wildman–Crippen MR) is 125 cm³/mol. The highest BCUT2D eigenvalue weighted by atomic mass is 16.6.